The molecule has 1 fully saturated rings. The fraction of sp³-hybridized carbons (Fsp3) is 0.462. The summed E-state index contributed by atoms with van der Waals surface area (Å²) in [5.74, 6) is -0.776. The molecule has 3 aromatic rings. The Morgan fingerprint density at radius 3 is 2.50 bits per heavy atom. The van der Waals surface area contributed by atoms with Crippen molar-refractivity contribution in [2.24, 2.45) is 5.92 Å². The van der Waals surface area contributed by atoms with Crippen molar-refractivity contribution in [2.45, 2.75) is 38.5 Å². The van der Waals surface area contributed by atoms with E-state index in [0.29, 0.717) is 35.0 Å². The highest BCUT2D eigenvalue weighted by Crippen LogP contribution is 2.38. The number of hydrogen-bond acceptors (Lipinski definition) is 6. The molecule has 0 spiro atoms. The number of amides is 1. The first-order valence-corrected chi connectivity index (χ1v) is 11.8. The summed E-state index contributed by atoms with van der Waals surface area (Å²) >= 11 is 0. The number of anilines is 1. The fourth-order valence-electron chi connectivity index (χ4n) is 4.62. The zero-order chi connectivity index (χ0) is 26.2. The van der Waals surface area contributed by atoms with E-state index in [2.05, 4.69) is 5.32 Å². The van der Waals surface area contributed by atoms with Crippen molar-refractivity contribution < 1.29 is 31.9 Å². The van der Waals surface area contributed by atoms with Crippen LogP contribution in [0.5, 0.6) is 0 Å². The van der Waals surface area contributed by atoms with Gasteiger partial charge in [-0.1, -0.05) is 26.0 Å². The minimum Gasteiger partial charge on any atom is -0.468 e. The van der Waals surface area contributed by atoms with Gasteiger partial charge in [-0.2, -0.15) is 13.2 Å². The highest BCUT2D eigenvalue weighted by molar-refractivity contribution is 6.07. The van der Waals surface area contributed by atoms with Gasteiger partial charge in [-0.25, -0.2) is 0 Å². The van der Waals surface area contributed by atoms with Crippen LogP contribution in [0.1, 0.15) is 31.9 Å². The van der Waals surface area contributed by atoms with Crippen molar-refractivity contribution in [3.63, 3.8) is 0 Å². The predicted molar refractivity (Wildman–Crippen MR) is 131 cm³/mol. The zero-order valence-electron chi connectivity index (χ0n) is 20.7. The Bertz CT molecular complexity index is 1270. The van der Waals surface area contributed by atoms with E-state index in [4.69, 9.17) is 9.15 Å². The standard InChI is InChI=1S/C26H30F3N3O4/c1-15(2)11-20(25(34)35-4)30-24(26(27,28)29)16-5-7-18-19-13-17(6-8-21(19)36-22(18)12-16)32-10-9-31(3)14-23(32)33/h5-8,12-13,15,20,24,30H,9-11,14H2,1-4H3/t20-,24?/m0/s1. The van der Waals surface area contributed by atoms with Gasteiger partial charge in [-0.3, -0.25) is 19.8 Å². The number of furan rings is 1. The number of nitrogens with zero attached hydrogens (tertiary/aromatic N) is 2. The maximum atomic E-state index is 14.1. The maximum absolute atomic E-state index is 14.1. The van der Waals surface area contributed by atoms with Gasteiger partial charge in [0.2, 0.25) is 5.91 Å². The fourth-order valence-corrected chi connectivity index (χ4v) is 4.62. The highest BCUT2D eigenvalue weighted by Gasteiger charge is 2.43. The van der Waals surface area contributed by atoms with Gasteiger partial charge in [-0.15, -0.1) is 0 Å². The summed E-state index contributed by atoms with van der Waals surface area (Å²) in [4.78, 5) is 28.3. The molecule has 1 unspecified atom stereocenters. The number of carbonyl (C=O) groups excluding carboxylic acids is 2. The first-order valence-electron chi connectivity index (χ1n) is 11.8. The van der Waals surface area contributed by atoms with E-state index in [1.807, 2.05) is 31.9 Å². The highest BCUT2D eigenvalue weighted by atomic mass is 19.4. The SMILES string of the molecule is COC(=O)[C@H](CC(C)C)NC(c1ccc2c(c1)oc1ccc(N3CCN(C)CC3=O)cc12)C(F)(F)F. The van der Waals surface area contributed by atoms with Crippen LogP contribution >= 0.6 is 0 Å². The number of esters is 1. The summed E-state index contributed by atoms with van der Waals surface area (Å²) < 4.78 is 52.9. The molecule has 36 heavy (non-hydrogen) atoms. The van der Waals surface area contributed by atoms with Crippen molar-refractivity contribution in [3.05, 3.63) is 42.0 Å². The second kappa shape index (κ2) is 10.1. The lowest BCUT2D eigenvalue weighted by atomic mass is 9.99. The molecule has 194 valence electrons. The van der Waals surface area contributed by atoms with Crippen LogP contribution in [-0.4, -0.2) is 62.8 Å². The van der Waals surface area contributed by atoms with Crippen molar-refractivity contribution in [2.75, 3.05) is 38.7 Å². The Labute approximate surface area is 207 Å². The lowest BCUT2D eigenvalue weighted by Crippen LogP contribution is -2.48. The van der Waals surface area contributed by atoms with Gasteiger partial charge in [0.1, 0.15) is 23.2 Å². The number of fused-ring (bicyclic) bond motifs is 3. The van der Waals surface area contributed by atoms with Gasteiger partial charge >= 0.3 is 12.1 Å². The van der Waals surface area contributed by atoms with Crippen LogP contribution < -0.4 is 10.2 Å². The number of carbonyl (C=O) groups is 2. The number of alkyl halides is 3. The molecule has 10 heteroatoms. The molecule has 2 atom stereocenters. The molecule has 0 saturated carbocycles. The van der Waals surface area contributed by atoms with Crippen LogP contribution in [0.4, 0.5) is 18.9 Å². The van der Waals surface area contributed by atoms with Crippen LogP contribution in [0.2, 0.25) is 0 Å². The van der Waals surface area contributed by atoms with E-state index in [9.17, 15) is 22.8 Å². The maximum Gasteiger partial charge on any atom is 0.407 e. The number of methoxy groups -OCH3 is 1. The third-order valence-corrected chi connectivity index (χ3v) is 6.42. The lowest BCUT2D eigenvalue weighted by molar-refractivity contribution is -0.164. The van der Waals surface area contributed by atoms with Crippen molar-refractivity contribution in [1.29, 1.82) is 0 Å². The zero-order valence-corrected chi connectivity index (χ0v) is 20.7. The third kappa shape index (κ3) is 5.34. The summed E-state index contributed by atoms with van der Waals surface area (Å²) in [5.41, 5.74) is 1.45. The Hall–Kier alpha value is -3.11. The minimum atomic E-state index is -4.65. The van der Waals surface area contributed by atoms with E-state index in [1.165, 1.54) is 12.1 Å². The Morgan fingerprint density at radius 2 is 1.86 bits per heavy atom. The topological polar surface area (TPSA) is 75.0 Å². The smallest absolute Gasteiger partial charge is 0.407 e. The van der Waals surface area contributed by atoms with E-state index in [0.717, 1.165) is 19.3 Å². The first kappa shape index (κ1) is 26.0. The van der Waals surface area contributed by atoms with E-state index in [1.54, 1.807) is 23.1 Å². The first-order chi connectivity index (χ1) is 17.0. The van der Waals surface area contributed by atoms with Crippen LogP contribution in [0, 0.1) is 5.92 Å². The Balaban J connectivity index is 1.70. The molecule has 1 N–H and O–H groups in total. The molecule has 1 saturated heterocycles. The second-order valence-electron chi connectivity index (χ2n) is 9.67. The van der Waals surface area contributed by atoms with Crippen molar-refractivity contribution >= 4 is 39.5 Å². The molecule has 7 nitrogen and oxygen atoms in total. The monoisotopic (exact) mass is 505 g/mol. The number of halogens is 3. The quantitative estimate of drug-likeness (QED) is 0.472. The molecule has 2 heterocycles. The lowest BCUT2D eigenvalue weighted by Gasteiger charge is -2.32. The molecule has 0 radical (unpaired) electrons. The molecule has 2 aromatic carbocycles. The minimum absolute atomic E-state index is 0.0150. The molecule has 1 aromatic heterocycles. The van der Waals surface area contributed by atoms with Crippen molar-refractivity contribution in [1.82, 2.24) is 10.2 Å². The van der Waals surface area contributed by atoms with E-state index in [-0.39, 0.29) is 23.8 Å². The van der Waals surface area contributed by atoms with Gasteiger partial charge in [0.05, 0.1) is 13.7 Å². The molecule has 1 aliphatic rings. The predicted octanol–water partition coefficient (Wildman–Crippen LogP) is 4.65. The molecule has 1 aliphatic heterocycles. The molecular formula is C26H30F3N3O4. The summed E-state index contributed by atoms with van der Waals surface area (Å²) in [6, 6.07) is 6.47. The molecule has 0 bridgehead atoms. The largest absolute Gasteiger partial charge is 0.468 e. The van der Waals surface area contributed by atoms with Gasteiger partial charge in [0.15, 0.2) is 0 Å². The number of nitrogens with one attached hydrogen (secondary N) is 1. The molecule has 1 amide bonds. The van der Waals surface area contributed by atoms with Crippen LogP contribution in [0.3, 0.4) is 0 Å². The van der Waals surface area contributed by atoms with Gasteiger partial charge in [0.25, 0.3) is 0 Å². The number of hydrogen-bond donors (Lipinski definition) is 1. The summed E-state index contributed by atoms with van der Waals surface area (Å²) in [6.45, 7) is 5.27. The number of benzene rings is 2. The molecule has 4 rings (SSSR count). The number of rotatable bonds is 7. The number of likely N-dealkylation sites (N-methyl/N-ethyl adjacent to an activating group) is 1. The second-order valence-corrected chi connectivity index (χ2v) is 9.67. The van der Waals surface area contributed by atoms with Crippen LogP contribution in [0.25, 0.3) is 21.9 Å². The van der Waals surface area contributed by atoms with E-state index >= 15 is 0 Å². The van der Waals surface area contributed by atoms with Crippen molar-refractivity contribution in [3.8, 4) is 0 Å². The Kier molecular flexibility index (Phi) is 7.28. The number of ether oxygens (including phenoxy) is 1. The van der Waals surface area contributed by atoms with Gasteiger partial charge in [0, 0.05) is 29.5 Å². The average Bonchev–Trinajstić information content (AvgIpc) is 3.17. The summed E-state index contributed by atoms with van der Waals surface area (Å²) in [7, 11) is 3.04. The Morgan fingerprint density at radius 1 is 1.11 bits per heavy atom. The molecule has 0 aliphatic carbocycles. The average molecular weight is 506 g/mol. The van der Waals surface area contributed by atoms with Crippen LogP contribution in [0.15, 0.2) is 40.8 Å². The normalized spacial score (nSPS) is 17.2. The third-order valence-electron chi connectivity index (χ3n) is 6.42. The number of piperazine rings is 1. The van der Waals surface area contributed by atoms with Crippen LogP contribution in [-0.2, 0) is 14.3 Å². The van der Waals surface area contributed by atoms with Gasteiger partial charge < -0.3 is 14.1 Å². The molecular weight excluding hydrogens is 475 g/mol. The van der Waals surface area contributed by atoms with Gasteiger partial charge in [-0.05, 0) is 49.2 Å². The summed E-state index contributed by atoms with van der Waals surface area (Å²) in [5, 5.41) is 3.82. The van der Waals surface area contributed by atoms with E-state index < -0.39 is 24.2 Å². The summed E-state index contributed by atoms with van der Waals surface area (Å²) in [6.07, 6.45) is -4.46.